The Morgan fingerprint density at radius 3 is 2.43 bits per heavy atom. The summed E-state index contributed by atoms with van der Waals surface area (Å²) in [7, 11) is 1.75. The Morgan fingerprint density at radius 2 is 1.83 bits per heavy atom. The van der Waals surface area contributed by atoms with Crippen LogP contribution < -0.4 is 21.7 Å². The summed E-state index contributed by atoms with van der Waals surface area (Å²) in [6.07, 6.45) is 10.3. The maximum Gasteiger partial charge on any atom is 0.240 e. The van der Waals surface area contributed by atoms with Gasteiger partial charge in [-0.15, -0.1) is 4.99 Å². The van der Waals surface area contributed by atoms with Gasteiger partial charge in [0.2, 0.25) is 18.1 Å². The topological polar surface area (TPSA) is 115 Å². The number of carbonyl (C=O) groups is 1. The molecule has 0 bridgehead atoms. The van der Waals surface area contributed by atoms with E-state index in [-0.39, 0.29) is 17.4 Å². The molecular weight excluding hydrogens is 376 g/mol. The van der Waals surface area contributed by atoms with Crippen LogP contribution in [0.5, 0.6) is 0 Å². The van der Waals surface area contributed by atoms with Crippen LogP contribution >= 0.6 is 0 Å². The van der Waals surface area contributed by atoms with Crippen molar-refractivity contribution in [2.75, 3.05) is 13.6 Å². The second-order valence-electron chi connectivity index (χ2n) is 8.77. The number of guanidine groups is 1. The van der Waals surface area contributed by atoms with Crippen LogP contribution in [0, 0.1) is 11.5 Å². The number of hydrogen-bond donors (Lipinski definition) is 4. The fourth-order valence-electron chi connectivity index (χ4n) is 4.91. The molecule has 1 aromatic rings. The summed E-state index contributed by atoms with van der Waals surface area (Å²) in [5.74, 6) is 0.502. The van der Waals surface area contributed by atoms with Crippen molar-refractivity contribution in [1.82, 2.24) is 16.0 Å². The van der Waals surface area contributed by atoms with E-state index in [9.17, 15) is 4.79 Å². The van der Waals surface area contributed by atoms with Crippen LogP contribution in [0.3, 0.4) is 0 Å². The van der Waals surface area contributed by atoms with Crippen molar-refractivity contribution in [3.05, 3.63) is 35.9 Å². The lowest BCUT2D eigenvalue weighted by Gasteiger charge is -2.42. The second-order valence-corrected chi connectivity index (χ2v) is 8.77. The average Bonchev–Trinajstić information content (AvgIpc) is 2.79. The first-order valence-electron chi connectivity index (χ1n) is 11.1. The van der Waals surface area contributed by atoms with Gasteiger partial charge in [0, 0.05) is 25.0 Å². The highest BCUT2D eigenvalue weighted by Gasteiger charge is 2.40. The summed E-state index contributed by atoms with van der Waals surface area (Å²) >= 11 is 0. The maximum atomic E-state index is 13.0. The monoisotopic (exact) mass is 410 g/mol. The average molecular weight is 411 g/mol. The van der Waals surface area contributed by atoms with Gasteiger partial charge in [-0.2, -0.15) is 5.26 Å². The van der Waals surface area contributed by atoms with Crippen molar-refractivity contribution in [2.45, 2.75) is 74.8 Å². The maximum absolute atomic E-state index is 13.0. The molecule has 0 atom stereocenters. The molecule has 2 fully saturated rings. The Kier molecular flexibility index (Phi) is 7.33. The molecule has 0 radical (unpaired) electrons. The van der Waals surface area contributed by atoms with Crippen LogP contribution in [0.15, 0.2) is 35.3 Å². The number of aliphatic imine (C=N–C) groups is 1. The molecule has 30 heavy (non-hydrogen) atoms. The van der Waals surface area contributed by atoms with E-state index in [0.717, 1.165) is 57.8 Å². The third-order valence-corrected chi connectivity index (χ3v) is 6.85. The highest BCUT2D eigenvalue weighted by molar-refractivity contribution is 5.86. The van der Waals surface area contributed by atoms with Crippen LogP contribution in [-0.2, 0) is 10.2 Å². The number of nitrogens with one attached hydrogen (secondary N) is 3. The van der Waals surface area contributed by atoms with E-state index in [1.54, 1.807) is 7.05 Å². The van der Waals surface area contributed by atoms with Gasteiger partial charge in [0.1, 0.15) is 0 Å². The lowest BCUT2D eigenvalue weighted by Crippen LogP contribution is -2.57. The number of amides is 1. The van der Waals surface area contributed by atoms with Crippen molar-refractivity contribution >= 4 is 11.9 Å². The van der Waals surface area contributed by atoms with Crippen LogP contribution in [0.1, 0.15) is 63.4 Å². The SMILES string of the molecule is CN/C(=N\C#N)N[C@H]1CC[C@](CNC(=O)C2(N)CCCCC2)(c2ccccc2)CC1. The zero-order valence-electron chi connectivity index (χ0n) is 17.9. The summed E-state index contributed by atoms with van der Waals surface area (Å²) in [4.78, 5) is 16.7. The Hall–Kier alpha value is -2.59. The highest BCUT2D eigenvalue weighted by Crippen LogP contribution is 2.39. The molecule has 7 heteroatoms. The van der Waals surface area contributed by atoms with Crippen LogP contribution in [0.25, 0.3) is 0 Å². The molecule has 0 unspecified atom stereocenters. The molecule has 7 nitrogen and oxygen atoms in total. The van der Waals surface area contributed by atoms with Crippen LogP contribution in [-0.4, -0.2) is 37.0 Å². The number of nitrogens with zero attached hydrogens (tertiary/aromatic N) is 2. The third-order valence-electron chi connectivity index (χ3n) is 6.85. The van der Waals surface area contributed by atoms with Gasteiger partial charge in [0.15, 0.2) is 0 Å². The molecular formula is C23H34N6O. The Labute approximate surface area is 179 Å². The molecule has 0 aliphatic heterocycles. The standard InChI is InChI=1S/C23H34N6O/c1-26-21(28-17-24)29-19-10-14-22(15-11-19,18-8-4-2-5-9-18)16-27-20(30)23(25)12-6-3-7-13-23/h2,4-5,8-9,19H,3,6-7,10-16,25H2,1H3,(H,27,30)(H2,26,28,29)/t19-,22-. The van der Waals surface area contributed by atoms with E-state index in [4.69, 9.17) is 11.0 Å². The Morgan fingerprint density at radius 1 is 1.17 bits per heavy atom. The van der Waals surface area contributed by atoms with Crippen molar-refractivity contribution in [3.8, 4) is 6.19 Å². The highest BCUT2D eigenvalue weighted by atomic mass is 16.2. The first-order chi connectivity index (χ1) is 14.5. The van der Waals surface area contributed by atoms with E-state index >= 15 is 0 Å². The number of nitriles is 1. The number of rotatable bonds is 5. The van der Waals surface area contributed by atoms with Gasteiger partial charge in [-0.3, -0.25) is 4.79 Å². The summed E-state index contributed by atoms with van der Waals surface area (Å²) < 4.78 is 0. The normalized spacial score (nSPS) is 26.3. The van der Waals surface area contributed by atoms with E-state index < -0.39 is 5.54 Å². The largest absolute Gasteiger partial charge is 0.359 e. The Bertz CT molecular complexity index is 771. The minimum Gasteiger partial charge on any atom is -0.359 e. The predicted octanol–water partition coefficient (Wildman–Crippen LogP) is 2.29. The molecule has 0 aromatic heterocycles. The minimum absolute atomic E-state index is 0.00335. The van der Waals surface area contributed by atoms with Gasteiger partial charge >= 0.3 is 0 Å². The predicted molar refractivity (Wildman–Crippen MR) is 119 cm³/mol. The zero-order chi connectivity index (χ0) is 21.5. The lowest BCUT2D eigenvalue weighted by atomic mass is 9.68. The molecule has 2 aliphatic carbocycles. The molecule has 0 heterocycles. The van der Waals surface area contributed by atoms with Gasteiger partial charge < -0.3 is 21.7 Å². The summed E-state index contributed by atoms with van der Waals surface area (Å²) in [5, 5.41) is 18.3. The zero-order valence-corrected chi connectivity index (χ0v) is 17.9. The number of hydrogen-bond acceptors (Lipinski definition) is 4. The fraction of sp³-hybridized carbons (Fsp3) is 0.609. The number of benzene rings is 1. The van der Waals surface area contributed by atoms with Crippen molar-refractivity contribution in [2.24, 2.45) is 10.7 Å². The summed E-state index contributed by atoms with van der Waals surface area (Å²) in [6.45, 7) is 0.604. The molecule has 0 saturated heterocycles. The van der Waals surface area contributed by atoms with Gasteiger partial charge in [0.05, 0.1) is 5.54 Å². The van der Waals surface area contributed by atoms with Gasteiger partial charge in [0.25, 0.3) is 0 Å². The molecule has 5 N–H and O–H groups in total. The van der Waals surface area contributed by atoms with Crippen molar-refractivity contribution in [3.63, 3.8) is 0 Å². The van der Waals surface area contributed by atoms with Gasteiger partial charge in [-0.05, 0) is 44.1 Å². The molecule has 3 rings (SSSR count). The van der Waals surface area contributed by atoms with Gasteiger partial charge in [-0.1, -0.05) is 49.6 Å². The third kappa shape index (κ3) is 5.11. The summed E-state index contributed by atoms with van der Waals surface area (Å²) in [6, 6.07) is 10.7. The minimum atomic E-state index is -0.718. The molecule has 2 saturated carbocycles. The smallest absolute Gasteiger partial charge is 0.240 e. The molecule has 2 aliphatic rings. The molecule has 162 valence electrons. The quantitative estimate of drug-likeness (QED) is 0.338. The van der Waals surface area contributed by atoms with Crippen molar-refractivity contribution in [1.29, 1.82) is 5.26 Å². The molecule has 0 spiro atoms. The first-order valence-corrected chi connectivity index (χ1v) is 11.1. The van der Waals surface area contributed by atoms with E-state index in [2.05, 4.69) is 45.2 Å². The van der Waals surface area contributed by atoms with E-state index in [1.807, 2.05) is 12.3 Å². The lowest BCUT2D eigenvalue weighted by molar-refractivity contribution is -0.127. The second kappa shape index (κ2) is 9.94. The number of nitrogens with two attached hydrogens (primary N) is 1. The molecule has 1 aromatic carbocycles. The number of carbonyl (C=O) groups excluding carboxylic acids is 1. The Balaban J connectivity index is 1.69. The van der Waals surface area contributed by atoms with Crippen LogP contribution in [0.4, 0.5) is 0 Å². The summed E-state index contributed by atoms with van der Waals surface area (Å²) in [5.41, 5.74) is 6.89. The van der Waals surface area contributed by atoms with Gasteiger partial charge in [-0.25, -0.2) is 0 Å². The first kappa shape index (κ1) is 22.1. The fourth-order valence-corrected chi connectivity index (χ4v) is 4.91. The molecule has 1 amide bonds. The van der Waals surface area contributed by atoms with E-state index in [0.29, 0.717) is 12.5 Å². The van der Waals surface area contributed by atoms with Crippen molar-refractivity contribution < 1.29 is 4.79 Å². The van der Waals surface area contributed by atoms with Crippen LogP contribution in [0.2, 0.25) is 0 Å². The van der Waals surface area contributed by atoms with E-state index in [1.165, 1.54) is 5.56 Å².